The van der Waals surface area contributed by atoms with Gasteiger partial charge in [0, 0.05) is 19.6 Å². The predicted octanol–water partition coefficient (Wildman–Crippen LogP) is 1.35. The number of anilines is 1. The zero-order valence-electron chi connectivity index (χ0n) is 11.8. The lowest BCUT2D eigenvalue weighted by molar-refractivity contribution is 0.367. The Morgan fingerprint density at radius 2 is 1.89 bits per heavy atom. The van der Waals surface area contributed by atoms with Crippen molar-refractivity contribution in [2.45, 2.75) is 18.7 Å². The zero-order chi connectivity index (χ0) is 14.3. The highest BCUT2D eigenvalue weighted by Gasteiger charge is 2.16. The molecule has 0 saturated heterocycles. The number of benzene rings is 1. The summed E-state index contributed by atoms with van der Waals surface area (Å²) in [7, 11) is -1.39. The summed E-state index contributed by atoms with van der Waals surface area (Å²) >= 11 is 0. The van der Waals surface area contributed by atoms with Crippen LogP contribution < -0.4 is 10.0 Å². The van der Waals surface area contributed by atoms with Crippen molar-refractivity contribution in [3.8, 4) is 0 Å². The molecule has 0 amide bonds. The number of sulfonamides is 1. The van der Waals surface area contributed by atoms with Gasteiger partial charge in [0.2, 0.25) is 10.0 Å². The summed E-state index contributed by atoms with van der Waals surface area (Å²) in [6, 6.07) is 6.96. The first-order valence-corrected chi connectivity index (χ1v) is 8.00. The van der Waals surface area contributed by atoms with Crippen LogP contribution in [0.4, 0.5) is 5.69 Å². The molecule has 0 bridgehead atoms. The summed E-state index contributed by atoms with van der Waals surface area (Å²) in [6.07, 6.45) is 0. The third-order valence-electron chi connectivity index (χ3n) is 2.86. The van der Waals surface area contributed by atoms with E-state index in [-0.39, 0.29) is 0 Å². The SMILES string of the molecule is CCNS(=O)(=O)c1ccccc1NCCN(C)CC. The number of rotatable bonds is 8. The van der Waals surface area contributed by atoms with Gasteiger partial charge >= 0.3 is 0 Å². The second kappa shape index (κ2) is 7.47. The number of likely N-dealkylation sites (N-methyl/N-ethyl adjacent to an activating group) is 1. The lowest BCUT2D eigenvalue weighted by Gasteiger charge is -2.16. The third-order valence-corrected chi connectivity index (χ3v) is 4.46. The highest BCUT2D eigenvalue weighted by atomic mass is 32.2. The predicted molar refractivity (Wildman–Crippen MR) is 79.0 cm³/mol. The number of nitrogens with zero attached hydrogens (tertiary/aromatic N) is 1. The second-order valence-corrected chi connectivity index (χ2v) is 6.06. The Bertz CT molecular complexity index is 488. The highest BCUT2D eigenvalue weighted by Crippen LogP contribution is 2.20. The molecule has 5 nitrogen and oxygen atoms in total. The molecule has 0 radical (unpaired) electrons. The van der Waals surface area contributed by atoms with Gasteiger partial charge in [-0.3, -0.25) is 0 Å². The van der Waals surface area contributed by atoms with Gasteiger partial charge in [0.15, 0.2) is 0 Å². The van der Waals surface area contributed by atoms with Crippen molar-refractivity contribution >= 4 is 15.7 Å². The van der Waals surface area contributed by atoms with E-state index in [4.69, 9.17) is 0 Å². The van der Waals surface area contributed by atoms with Crippen LogP contribution in [-0.2, 0) is 10.0 Å². The Kier molecular flexibility index (Phi) is 6.27. The van der Waals surface area contributed by atoms with Crippen LogP contribution in [0.2, 0.25) is 0 Å². The second-order valence-electron chi connectivity index (χ2n) is 4.32. The van der Waals surface area contributed by atoms with Gasteiger partial charge in [-0.25, -0.2) is 13.1 Å². The van der Waals surface area contributed by atoms with Crippen LogP contribution in [0.5, 0.6) is 0 Å². The fourth-order valence-corrected chi connectivity index (χ4v) is 2.88. The topological polar surface area (TPSA) is 61.4 Å². The van der Waals surface area contributed by atoms with E-state index < -0.39 is 10.0 Å². The van der Waals surface area contributed by atoms with E-state index >= 15 is 0 Å². The fraction of sp³-hybridized carbons (Fsp3) is 0.538. The van der Waals surface area contributed by atoms with Crippen molar-refractivity contribution in [2.24, 2.45) is 0 Å². The molecular weight excluding hydrogens is 262 g/mol. The van der Waals surface area contributed by atoms with Crippen molar-refractivity contribution in [3.05, 3.63) is 24.3 Å². The molecule has 0 aliphatic carbocycles. The van der Waals surface area contributed by atoms with E-state index in [9.17, 15) is 8.42 Å². The Hall–Kier alpha value is -1.11. The molecule has 0 aliphatic rings. The standard InChI is InChI=1S/C13H23N3O2S/c1-4-15-19(17,18)13-9-7-6-8-12(13)14-10-11-16(3)5-2/h6-9,14-15H,4-5,10-11H2,1-3H3. The minimum Gasteiger partial charge on any atom is -0.383 e. The minimum absolute atomic E-state index is 0.302. The van der Waals surface area contributed by atoms with Gasteiger partial charge in [-0.2, -0.15) is 0 Å². The third kappa shape index (κ3) is 4.81. The maximum Gasteiger partial charge on any atom is 0.242 e. The monoisotopic (exact) mass is 285 g/mol. The molecule has 1 aromatic rings. The first-order valence-electron chi connectivity index (χ1n) is 6.52. The molecule has 0 fully saturated rings. The molecule has 0 unspecified atom stereocenters. The molecule has 0 aliphatic heterocycles. The average molecular weight is 285 g/mol. The molecule has 0 heterocycles. The van der Waals surface area contributed by atoms with Gasteiger partial charge in [0.05, 0.1) is 5.69 Å². The molecular formula is C13H23N3O2S. The Morgan fingerprint density at radius 3 is 2.53 bits per heavy atom. The summed E-state index contributed by atoms with van der Waals surface area (Å²) in [4.78, 5) is 2.46. The first kappa shape index (κ1) is 15.9. The van der Waals surface area contributed by atoms with E-state index in [0.717, 1.165) is 13.1 Å². The molecule has 0 saturated carbocycles. The van der Waals surface area contributed by atoms with Gasteiger partial charge in [0.1, 0.15) is 4.90 Å². The van der Waals surface area contributed by atoms with Crippen LogP contribution in [0.1, 0.15) is 13.8 Å². The molecule has 0 spiro atoms. The first-order chi connectivity index (χ1) is 9.01. The van der Waals surface area contributed by atoms with Gasteiger partial charge < -0.3 is 10.2 Å². The lowest BCUT2D eigenvalue weighted by Crippen LogP contribution is -2.27. The number of hydrogen-bond acceptors (Lipinski definition) is 4. The highest BCUT2D eigenvalue weighted by molar-refractivity contribution is 7.89. The van der Waals surface area contributed by atoms with E-state index in [1.54, 1.807) is 25.1 Å². The van der Waals surface area contributed by atoms with Gasteiger partial charge in [-0.05, 0) is 25.7 Å². The maximum absolute atomic E-state index is 12.0. The van der Waals surface area contributed by atoms with Crippen molar-refractivity contribution in [3.63, 3.8) is 0 Å². The van der Waals surface area contributed by atoms with Gasteiger partial charge in [-0.15, -0.1) is 0 Å². The summed E-state index contributed by atoms with van der Waals surface area (Å²) in [5.41, 5.74) is 0.646. The van der Waals surface area contributed by atoms with Crippen LogP contribution in [0.25, 0.3) is 0 Å². The fourth-order valence-electron chi connectivity index (χ4n) is 1.65. The molecule has 1 rings (SSSR count). The van der Waals surface area contributed by atoms with Crippen molar-refractivity contribution in [2.75, 3.05) is 38.5 Å². The van der Waals surface area contributed by atoms with Crippen molar-refractivity contribution < 1.29 is 8.42 Å². The summed E-state index contributed by atoms with van der Waals surface area (Å²) in [6.45, 7) is 6.79. The number of para-hydroxylation sites is 1. The number of hydrogen-bond donors (Lipinski definition) is 2. The number of nitrogens with one attached hydrogen (secondary N) is 2. The van der Waals surface area contributed by atoms with Crippen LogP contribution in [0.3, 0.4) is 0 Å². The molecule has 6 heteroatoms. The average Bonchev–Trinajstić information content (AvgIpc) is 2.39. The minimum atomic E-state index is -3.42. The summed E-state index contributed by atoms with van der Waals surface area (Å²) in [5, 5.41) is 3.18. The Labute approximate surface area is 116 Å². The van der Waals surface area contributed by atoms with E-state index in [1.807, 2.05) is 13.1 Å². The maximum atomic E-state index is 12.0. The molecule has 108 valence electrons. The smallest absolute Gasteiger partial charge is 0.242 e. The van der Waals surface area contributed by atoms with Gasteiger partial charge in [-0.1, -0.05) is 26.0 Å². The molecule has 19 heavy (non-hydrogen) atoms. The molecule has 2 N–H and O–H groups in total. The van der Waals surface area contributed by atoms with Crippen LogP contribution in [0.15, 0.2) is 29.2 Å². The van der Waals surface area contributed by atoms with E-state index in [0.29, 0.717) is 23.7 Å². The van der Waals surface area contributed by atoms with E-state index in [2.05, 4.69) is 21.9 Å². The van der Waals surface area contributed by atoms with Crippen LogP contribution in [0, 0.1) is 0 Å². The van der Waals surface area contributed by atoms with Crippen molar-refractivity contribution in [1.82, 2.24) is 9.62 Å². The molecule has 0 atom stereocenters. The van der Waals surface area contributed by atoms with Crippen LogP contribution >= 0.6 is 0 Å². The molecule has 1 aromatic carbocycles. The Balaban J connectivity index is 2.79. The van der Waals surface area contributed by atoms with E-state index in [1.165, 1.54) is 0 Å². The largest absolute Gasteiger partial charge is 0.383 e. The molecule has 0 aromatic heterocycles. The Morgan fingerprint density at radius 1 is 1.21 bits per heavy atom. The lowest BCUT2D eigenvalue weighted by atomic mass is 10.3. The summed E-state index contributed by atoms with van der Waals surface area (Å²) in [5.74, 6) is 0. The quantitative estimate of drug-likeness (QED) is 0.757. The van der Waals surface area contributed by atoms with Gasteiger partial charge in [0.25, 0.3) is 0 Å². The normalized spacial score (nSPS) is 11.8. The summed E-state index contributed by atoms with van der Waals surface area (Å²) < 4.78 is 26.6. The van der Waals surface area contributed by atoms with Crippen molar-refractivity contribution in [1.29, 1.82) is 0 Å². The zero-order valence-corrected chi connectivity index (χ0v) is 12.6. The van der Waals surface area contributed by atoms with Crippen LogP contribution in [-0.4, -0.2) is 46.5 Å².